The molecule has 108 valence electrons. The third-order valence-corrected chi connectivity index (χ3v) is 4.27. The van der Waals surface area contributed by atoms with Crippen LogP contribution in [0.15, 0.2) is 29.2 Å². The molecule has 0 aromatic heterocycles. The highest BCUT2D eigenvalue weighted by molar-refractivity contribution is 7.90. The molecule has 0 bridgehead atoms. The first-order chi connectivity index (χ1) is 9.04. The number of unbranched alkanes of at least 4 members (excludes halogenated alkanes) is 5. The van der Waals surface area contributed by atoms with Crippen molar-refractivity contribution in [2.75, 3.05) is 18.1 Å². The van der Waals surface area contributed by atoms with Gasteiger partial charge in [-0.2, -0.15) is 0 Å². The second-order valence-electron chi connectivity index (χ2n) is 4.99. The zero-order chi connectivity index (χ0) is 14.1. The van der Waals surface area contributed by atoms with Crippen LogP contribution in [0.1, 0.15) is 45.4 Å². The van der Waals surface area contributed by atoms with Gasteiger partial charge in [0.05, 0.1) is 4.90 Å². The van der Waals surface area contributed by atoms with E-state index in [-0.39, 0.29) is 0 Å². The van der Waals surface area contributed by atoms with E-state index in [4.69, 9.17) is 0 Å². The summed E-state index contributed by atoms with van der Waals surface area (Å²) in [5, 5.41) is 3.32. The zero-order valence-corrected chi connectivity index (χ0v) is 12.8. The van der Waals surface area contributed by atoms with Crippen LogP contribution in [0.2, 0.25) is 0 Å². The van der Waals surface area contributed by atoms with Crippen LogP contribution in [0.5, 0.6) is 0 Å². The fourth-order valence-corrected chi connectivity index (χ4v) is 2.59. The minimum absolute atomic E-state index is 0.373. The Morgan fingerprint density at radius 3 is 2.11 bits per heavy atom. The summed E-state index contributed by atoms with van der Waals surface area (Å²) < 4.78 is 22.6. The number of sulfone groups is 1. The molecule has 0 atom stereocenters. The molecule has 0 heterocycles. The van der Waals surface area contributed by atoms with Crippen molar-refractivity contribution in [3.8, 4) is 0 Å². The van der Waals surface area contributed by atoms with Gasteiger partial charge in [0.25, 0.3) is 0 Å². The Balaban J connectivity index is 2.23. The van der Waals surface area contributed by atoms with Crippen molar-refractivity contribution in [2.24, 2.45) is 0 Å². The Kier molecular flexibility index (Phi) is 6.92. The van der Waals surface area contributed by atoms with Gasteiger partial charge in [-0.05, 0) is 30.7 Å². The van der Waals surface area contributed by atoms with Crippen LogP contribution in [0.4, 0.5) is 5.69 Å². The molecule has 4 heteroatoms. The molecule has 0 saturated carbocycles. The molecule has 0 unspecified atom stereocenters. The SMILES string of the molecule is CCCCCCCCNc1ccc(S(C)(=O)=O)cc1. The number of nitrogens with one attached hydrogen (secondary N) is 1. The van der Waals surface area contributed by atoms with E-state index in [1.807, 2.05) is 12.1 Å². The predicted octanol–water partition coefficient (Wildman–Crippen LogP) is 3.86. The molecule has 0 saturated heterocycles. The molecule has 0 fully saturated rings. The summed E-state index contributed by atoms with van der Waals surface area (Å²) in [5.74, 6) is 0. The van der Waals surface area contributed by atoms with E-state index in [0.29, 0.717) is 4.90 Å². The normalized spacial score (nSPS) is 11.5. The van der Waals surface area contributed by atoms with Crippen LogP contribution in [0.3, 0.4) is 0 Å². The molecule has 3 nitrogen and oxygen atoms in total. The molecular weight excluding hydrogens is 258 g/mol. The van der Waals surface area contributed by atoms with Gasteiger partial charge in [0.1, 0.15) is 0 Å². The molecular formula is C15H25NO2S. The second kappa shape index (κ2) is 8.20. The van der Waals surface area contributed by atoms with Crippen molar-refractivity contribution in [3.63, 3.8) is 0 Å². The Morgan fingerprint density at radius 2 is 1.53 bits per heavy atom. The summed E-state index contributed by atoms with van der Waals surface area (Å²) in [6, 6.07) is 6.96. The van der Waals surface area contributed by atoms with Gasteiger partial charge < -0.3 is 5.32 Å². The van der Waals surface area contributed by atoms with Crippen LogP contribution >= 0.6 is 0 Å². The molecule has 1 aromatic rings. The molecule has 1 rings (SSSR count). The molecule has 1 N–H and O–H groups in total. The second-order valence-corrected chi connectivity index (χ2v) is 7.01. The first-order valence-corrected chi connectivity index (χ1v) is 8.97. The van der Waals surface area contributed by atoms with Gasteiger partial charge in [-0.25, -0.2) is 8.42 Å². The fraction of sp³-hybridized carbons (Fsp3) is 0.600. The number of benzene rings is 1. The Labute approximate surface area is 117 Å². The Bertz CT molecular complexity index is 452. The lowest BCUT2D eigenvalue weighted by molar-refractivity contribution is 0.602. The first kappa shape index (κ1) is 16.0. The van der Waals surface area contributed by atoms with E-state index in [2.05, 4.69) is 12.2 Å². The smallest absolute Gasteiger partial charge is 0.175 e. The maximum atomic E-state index is 11.3. The van der Waals surface area contributed by atoms with E-state index in [1.54, 1.807) is 12.1 Å². The minimum Gasteiger partial charge on any atom is -0.385 e. The summed E-state index contributed by atoms with van der Waals surface area (Å²) in [4.78, 5) is 0.373. The predicted molar refractivity (Wildman–Crippen MR) is 81.4 cm³/mol. The molecule has 0 aliphatic carbocycles. The molecule has 1 aromatic carbocycles. The minimum atomic E-state index is -3.09. The highest BCUT2D eigenvalue weighted by atomic mass is 32.2. The summed E-state index contributed by atoms with van der Waals surface area (Å²) in [6.45, 7) is 3.17. The van der Waals surface area contributed by atoms with Gasteiger partial charge in [-0.1, -0.05) is 39.0 Å². The van der Waals surface area contributed by atoms with Crippen molar-refractivity contribution in [1.82, 2.24) is 0 Å². The van der Waals surface area contributed by atoms with Crippen molar-refractivity contribution in [3.05, 3.63) is 24.3 Å². The van der Waals surface area contributed by atoms with E-state index in [1.165, 1.54) is 38.4 Å². The average Bonchev–Trinajstić information content (AvgIpc) is 2.37. The lowest BCUT2D eigenvalue weighted by atomic mass is 10.1. The maximum Gasteiger partial charge on any atom is 0.175 e. The van der Waals surface area contributed by atoms with Crippen LogP contribution < -0.4 is 5.32 Å². The van der Waals surface area contributed by atoms with Crippen LogP contribution in [-0.4, -0.2) is 21.2 Å². The summed E-state index contributed by atoms with van der Waals surface area (Å²) in [7, 11) is -3.09. The van der Waals surface area contributed by atoms with Gasteiger partial charge in [0.15, 0.2) is 9.84 Å². The standard InChI is InChI=1S/C15H25NO2S/c1-3-4-5-6-7-8-13-16-14-9-11-15(12-10-14)19(2,17)18/h9-12,16H,3-8,13H2,1-2H3. The molecule has 0 radical (unpaired) electrons. The van der Waals surface area contributed by atoms with E-state index in [0.717, 1.165) is 18.7 Å². The van der Waals surface area contributed by atoms with Crippen molar-refractivity contribution >= 4 is 15.5 Å². The zero-order valence-electron chi connectivity index (χ0n) is 12.0. The van der Waals surface area contributed by atoms with Crippen molar-refractivity contribution < 1.29 is 8.42 Å². The van der Waals surface area contributed by atoms with Crippen LogP contribution in [-0.2, 0) is 9.84 Å². The van der Waals surface area contributed by atoms with Gasteiger partial charge in [0.2, 0.25) is 0 Å². The third kappa shape index (κ3) is 6.62. The van der Waals surface area contributed by atoms with Crippen LogP contribution in [0, 0.1) is 0 Å². The van der Waals surface area contributed by atoms with Gasteiger partial charge >= 0.3 is 0 Å². The van der Waals surface area contributed by atoms with E-state index in [9.17, 15) is 8.42 Å². The number of anilines is 1. The number of rotatable bonds is 9. The number of hydrogen-bond acceptors (Lipinski definition) is 3. The lowest BCUT2D eigenvalue weighted by Crippen LogP contribution is -2.02. The highest BCUT2D eigenvalue weighted by Crippen LogP contribution is 2.14. The van der Waals surface area contributed by atoms with E-state index < -0.39 is 9.84 Å². The van der Waals surface area contributed by atoms with Gasteiger partial charge in [-0.3, -0.25) is 0 Å². The summed E-state index contributed by atoms with van der Waals surface area (Å²) in [5.41, 5.74) is 0.987. The molecule has 0 spiro atoms. The van der Waals surface area contributed by atoms with Gasteiger partial charge in [-0.15, -0.1) is 0 Å². The van der Waals surface area contributed by atoms with E-state index >= 15 is 0 Å². The third-order valence-electron chi connectivity index (χ3n) is 3.14. The first-order valence-electron chi connectivity index (χ1n) is 7.08. The van der Waals surface area contributed by atoms with Crippen molar-refractivity contribution in [2.45, 2.75) is 50.3 Å². The Hall–Kier alpha value is -1.03. The molecule has 19 heavy (non-hydrogen) atoms. The highest BCUT2D eigenvalue weighted by Gasteiger charge is 2.05. The topological polar surface area (TPSA) is 46.2 Å². The lowest BCUT2D eigenvalue weighted by Gasteiger charge is -2.07. The maximum absolute atomic E-state index is 11.3. The van der Waals surface area contributed by atoms with Crippen molar-refractivity contribution in [1.29, 1.82) is 0 Å². The fourth-order valence-electron chi connectivity index (χ4n) is 1.96. The number of hydrogen-bond donors (Lipinski definition) is 1. The largest absolute Gasteiger partial charge is 0.385 e. The summed E-state index contributed by atoms with van der Waals surface area (Å²) in [6.07, 6.45) is 8.91. The summed E-state index contributed by atoms with van der Waals surface area (Å²) >= 11 is 0. The molecule has 0 aliphatic rings. The van der Waals surface area contributed by atoms with Gasteiger partial charge in [0, 0.05) is 18.5 Å². The Morgan fingerprint density at radius 1 is 0.947 bits per heavy atom. The molecule has 0 amide bonds. The molecule has 0 aliphatic heterocycles. The van der Waals surface area contributed by atoms with Crippen LogP contribution in [0.25, 0.3) is 0 Å². The average molecular weight is 283 g/mol. The quantitative estimate of drug-likeness (QED) is 0.700. The monoisotopic (exact) mass is 283 g/mol.